The Bertz CT molecular complexity index is 956. The molecule has 2 fully saturated rings. The minimum absolute atomic E-state index is 0.246. The number of unbranched alkanes of at least 4 members (excludes halogenated alkanes) is 1. The Labute approximate surface area is 217 Å². The third kappa shape index (κ3) is 8.81. The number of piperidine rings is 1. The van der Waals surface area contributed by atoms with Gasteiger partial charge >= 0.3 is 0 Å². The fourth-order valence-corrected chi connectivity index (χ4v) is 4.71. The lowest BCUT2D eigenvalue weighted by molar-refractivity contribution is 0.252. The zero-order valence-corrected chi connectivity index (χ0v) is 22.5. The van der Waals surface area contributed by atoms with Crippen molar-refractivity contribution in [1.29, 1.82) is 0 Å². The third-order valence-corrected chi connectivity index (χ3v) is 6.97. The fourth-order valence-electron chi connectivity index (χ4n) is 4.71. The molecule has 0 atom stereocenters. The predicted molar refractivity (Wildman–Crippen MR) is 150 cm³/mol. The lowest BCUT2D eigenvalue weighted by atomic mass is 9.96. The van der Waals surface area contributed by atoms with Gasteiger partial charge < -0.3 is 5.32 Å². The summed E-state index contributed by atoms with van der Waals surface area (Å²) in [4.78, 5) is 16.4. The predicted octanol–water partition coefficient (Wildman–Crippen LogP) is 7.16. The molecule has 2 heterocycles. The Morgan fingerprint density at radius 1 is 1.00 bits per heavy atom. The second-order valence-electron chi connectivity index (χ2n) is 9.80. The van der Waals surface area contributed by atoms with Crippen molar-refractivity contribution >= 4 is 17.2 Å². The number of aromatic nitrogens is 2. The standard InChI is InChI=1S/C26H34FN5.C4H10/c1-28-25(20-10-12-21(27)13-11-20)23(15-19-32-17-6-3-7-18-32)24-14-16-29-26(31-24)30-22-8-4-2-5-9-22;1-3-4-2/h10-16,22H,2-9,17-19H2,1H3,(H,29,30,31);3-4H2,1-2H3/b23-15+,28-25?;. The van der Waals surface area contributed by atoms with E-state index in [2.05, 4.69) is 40.1 Å². The molecule has 2 aliphatic rings. The maximum Gasteiger partial charge on any atom is 0.223 e. The van der Waals surface area contributed by atoms with E-state index in [-0.39, 0.29) is 5.82 Å². The monoisotopic (exact) mass is 493 g/mol. The second kappa shape index (κ2) is 15.5. The number of anilines is 1. The van der Waals surface area contributed by atoms with Crippen LogP contribution < -0.4 is 5.32 Å². The molecule has 0 unspecified atom stereocenters. The molecule has 196 valence electrons. The molecule has 6 heteroatoms. The van der Waals surface area contributed by atoms with Gasteiger partial charge in [0, 0.05) is 37.0 Å². The summed E-state index contributed by atoms with van der Waals surface area (Å²) in [6.45, 7) is 7.46. The lowest BCUT2D eigenvalue weighted by Gasteiger charge is -2.25. The summed E-state index contributed by atoms with van der Waals surface area (Å²) in [5.74, 6) is 0.428. The van der Waals surface area contributed by atoms with Gasteiger partial charge in [-0.1, -0.05) is 58.4 Å². The van der Waals surface area contributed by atoms with Crippen LogP contribution >= 0.6 is 0 Å². The highest BCUT2D eigenvalue weighted by atomic mass is 19.1. The van der Waals surface area contributed by atoms with Crippen molar-refractivity contribution in [3.05, 3.63) is 59.7 Å². The maximum absolute atomic E-state index is 13.6. The van der Waals surface area contributed by atoms with Crippen molar-refractivity contribution < 1.29 is 4.39 Å². The zero-order valence-electron chi connectivity index (χ0n) is 22.5. The van der Waals surface area contributed by atoms with Crippen molar-refractivity contribution in [3.63, 3.8) is 0 Å². The van der Waals surface area contributed by atoms with Gasteiger partial charge in [0.15, 0.2) is 0 Å². The summed E-state index contributed by atoms with van der Waals surface area (Å²) in [6.07, 6.45) is 16.7. The molecule has 0 amide bonds. The SMILES string of the molecule is CCCC.CN=C(/C(=C/CN1CCCCC1)c1ccnc(NC2CCCCC2)n1)c1ccc(F)cc1. The highest BCUT2D eigenvalue weighted by Crippen LogP contribution is 2.24. The van der Waals surface area contributed by atoms with Crippen LogP contribution in [0.4, 0.5) is 10.3 Å². The molecule has 2 aromatic rings. The maximum atomic E-state index is 13.6. The normalized spacial score (nSPS) is 17.9. The molecular weight excluding hydrogens is 449 g/mol. The number of nitrogens with zero attached hydrogens (tertiary/aromatic N) is 4. The van der Waals surface area contributed by atoms with Gasteiger partial charge in [0.2, 0.25) is 5.95 Å². The van der Waals surface area contributed by atoms with Gasteiger partial charge in [0.1, 0.15) is 5.82 Å². The van der Waals surface area contributed by atoms with Gasteiger partial charge in [-0.25, -0.2) is 14.4 Å². The fraction of sp³-hybridized carbons (Fsp3) is 0.567. The van der Waals surface area contributed by atoms with Crippen molar-refractivity contribution in [2.45, 2.75) is 84.1 Å². The van der Waals surface area contributed by atoms with Crippen molar-refractivity contribution in [2.24, 2.45) is 4.99 Å². The molecular formula is C30H44FN5. The second-order valence-corrected chi connectivity index (χ2v) is 9.80. The summed E-state index contributed by atoms with van der Waals surface area (Å²) >= 11 is 0. The summed E-state index contributed by atoms with van der Waals surface area (Å²) in [7, 11) is 1.79. The Kier molecular flexibility index (Phi) is 12.0. The van der Waals surface area contributed by atoms with Gasteiger partial charge in [0.25, 0.3) is 0 Å². The number of nitrogens with one attached hydrogen (secondary N) is 1. The number of hydrogen-bond donors (Lipinski definition) is 1. The molecule has 1 aromatic carbocycles. The van der Waals surface area contributed by atoms with E-state index < -0.39 is 0 Å². The average molecular weight is 494 g/mol. The number of allylic oxidation sites excluding steroid dienone is 1. The largest absolute Gasteiger partial charge is 0.351 e. The number of aliphatic imine (C=N–C) groups is 1. The first-order valence-corrected chi connectivity index (χ1v) is 13.9. The minimum Gasteiger partial charge on any atom is -0.351 e. The van der Waals surface area contributed by atoms with Crippen LogP contribution in [0.2, 0.25) is 0 Å². The first kappa shape index (κ1) is 28.0. The van der Waals surface area contributed by atoms with Gasteiger partial charge in [-0.2, -0.15) is 0 Å². The average Bonchev–Trinajstić information content (AvgIpc) is 2.93. The molecule has 1 saturated heterocycles. The molecule has 0 bridgehead atoms. The summed E-state index contributed by atoms with van der Waals surface area (Å²) in [5, 5.41) is 3.54. The van der Waals surface area contributed by atoms with Crippen molar-refractivity contribution in [2.75, 3.05) is 32.0 Å². The van der Waals surface area contributed by atoms with Crippen LogP contribution in [0.5, 0.6) is 0 Å². The first-order chi connectivity index (χ1) is 17.6. The number of halogens is 1. The Morgan fingerprint density at radius 3 is 2.31 bits per heavy atom. The van der Waals surface area contributed by atoms with Gasteiger partial charge in [0.05, 0.1) is 11.4 Å². The van der Waals surface area contributed by atoms with Crippen LogP contribution in [0.25, 0.3) is 5.57 Å². The number of likely N-dealkylation sites (tertiary alicyclic amines) is 1. The van der Waals surface area contributed by atoms with Crippen LogP contribution in [0, 0.1) is 5.82 Å². The van der Waals surface area contributed by atoms with Crippen molar-refractivity contribution in [1.82, 2.24) is 14.9 Å². The van der Waals surface area contributed by atoms with Crippen LogP contribution in [-0.2, 0) is 0 Å². The molecule has 1 saturated carbocycles. The third-order valence-electron chi connectivity index (χ3n) is 6.97. The van der Waals surface area contributed by atoms with Crippen LogP contribution in [0.1, 0.15) is 89.3 Å². The smallest absolute Gasteiger partial charge is 0.223 e. The molecule has 0 radical (unpaired) electrons. The molecule has 0 spiro atoms. The number of hydrogen-bond acceptors (Lipinski definition) is 5. The summed E-state index contributed by atoms with van der Waals surface area (Å²) in [6, 6.07) is 8.93. The molecule has 5 nitrogen and oxygen atoms in total. The van der Waals surface area contributed by atoms with E-state index in [9.17, 15) is 4.39 Å². The summed E-state index contributed by atoms with van der Waals surface area (Å²) < 4.78 is 13.6. The van der Waals surface area contributed by atoms with Gasteiger partial charge in [-0.3, -0.25) is 9.89 Å². The Morgan fingerprint density at radius 2 is 1.67 bits per heavy atom. The van der Waals surface area contributed by atoms with Gasteiger partial charge in [-0.05, 0) is 69.1 Å². The van der Waals surface area contributed by atoms with Gasteiger partial charge in [-0.15, -0.1) is 0 Å². The molecule has 1 N–H and O–H groups in total. The first-order valence-electron chi connectivity index (χ1n) is 13.9. The zero-order chi connectivity index (χ0) is 25.6. The van der Waals surface area contributed by atoms with Crippen LogP contribution in [0.3, 0.4) is 0 Å². The van der Waals surface area contributed by atoms with E-state index in [0.717, 1.165) is 42.2 Å². The van der Waals surface area contributed by atoms with Crippen LogP contribution in [-0.4, -0.2) is 53.3 Å². The van der Waals surface area contributed by atoms with E-state index in [1.165, 1.54) is 76.3 Å². The molecule has 36 heavy (non-hydrogen) atoms. The molecule has 1 aromatic heterocycles. The molecule has 4 rings (SSSR count). The van der Waals surface area contributed by atoms with E-state index in [1.54, 1.807) is 19.2 Å². The highest BCUT2D eigenvalue weighted by molar-refractivity contribution is 6.31. The highest BCUT2D eigenvalue weighted by Gasteiger charge is 2.18. The van der Waals surface area contributed by atoms with Crippen LogP contribution in [0.15, 0.2) is 47.6 Å². The molecule has 1 aliphatic carbocycles. The minimum atomic E-state index is -0.246. The number of benzene rings is 1. The van der Waals surface area contributed by atoms with Crippen molar-refractivity contribution in [3.8, 4) is 0 Å². The Balaban J connectivity index is 0.000000840. The topological polar surface area (TPSA) is 53.4 Å². The summed E-state index contributed by atoms with van der Waals surface area (Å²) in [5.41, 5.74) is 3.53. The van der Waals surface area contributed by atoms with E-state index in [4.69, 9.17) is 4.98 Å². The Hall–Kier alpha value is -2.60. The lowest BCUT2D eigenvalue weighted by Crippen LogP contribution is -2.30. The quantitative estimate of drug-likeness (QED) is 0.397. The van der Waals surface area contributed by atoms with E-state index in [1.807, 2.05) is 12.3 Å². The molecule has 1 aliphatic heterocycles. The van der Waals surface area contributed by atoms with E-state index >= 15 is 0 Å². The van der Waals surface area contributed by atoms with E-state index in [0.29, 0.717) is 12.0 Å². The number of rotatable bonds is 8.